The Morgan fingerprint density at radius 2 is 2.05 bits per heavy atom. The minimum Gasteiger partial charge on any atom is -0.350 e. The van der Waals surface area contributed by atoms with Crippen LogP contribution < -0.4 is 10.6 Å². The van der Waals surface area contributed by atoms with Gasteiger partial charge in [-0.05, 0) is 32.5 Å². The van der Waals surface area contributed by atoms with Gasteiger partial charge in [-0.25, -0.2) is 4.98 Å². The van der Waals surface area contributed by atoms with E-state index in [9.17, 15) is 4.79 Å². The maximum absolute atomic E-state index is 12.3. The number of likely N-dealkylation sites (N-methyl/N-ethyl adjacent to an activating group) is 1. The van der Waals surface area contributed by atoms with Gasteiger partial charge in [-0.1, -0.05) is 30.7 Å². The molecule has 1 aromatic carbocycles. The number of carbonyl (C=O) groups is 1. The summed E-state index contributed by atoms with van der Waals surface area (Å²) in [4.78, 5) is 17.4. The van der Waals surface area contributed by atoms with E-state index in [0.29, 0.717) is 16.4 Å². The average Bonchev–Trinajstić information content (AvgIpc) is 2.88. The fraction of sp³-hybridized carbons (Fsp3) is 0.375. The highest BCUT2D eigenvalue weighted by molar-refractivity contribution is 7.17. The van der Waals surface area contributed by atoms with E-state index in [4.69, 9.17) is 11.6 Å². The molecule has 0 aliphatic carbocycles. The molecular formula is C16H20ClN3OS. The number of amides is 1. The van der Waals surface area contributed by atoms with Gasteiger partial charge in [0.15, 0.2) is 0 Å². The molecule has 1 amide bonds. The van der Waals surface area contributed by atoms with Crippen molar-refractivity contribution in [1.82, 2.24) is 15.6 Å². The van der Waals surface area contributed by atoms with Gasteiger partial charge in [-0.3, -0.25) is 4.79 Å². The van der Waals surface area contributed by atoms with Crippen LogP contribution in [-0.4, -0.2) is 30.0 Å². The van der Waals surface area contributed by atoms with Crippen molar-refractivity contribution >= 4 is 28.8 Å². The quantitative estimate of drug-likeness (QED) is 0.848. The van der Waals surface area contributed by atoms with Crippen molar-refractivity contribution in [3.05, 3.63) is 39.9 Å². The van der Waals surface area contributed by atoms with Gasteiger partial charge in [0.05, 0.1) is 5.69 Å². The normalized spacial score (nSPS) is 12.2. The third kappa shape index (κ3) is 4.29. The van der Waals surface area contributed by atoms with Crippen molar-refractivity contribution in [3.63, 3.8) is 0 Å². The number of carbonyl (C=O) groups excluding carboxylic acids is 1. The van der Waals surface area contributed by atoms with E-state index < -0.39 is 0 Å². The van der Waals surface area contributed by atoms with Crippen molar-refractivity contribution < 1.29 is 4.79 Å². The molecular weight excluding hydrogens is 318 g/mol. The van der Waals surface area contributed by atoms with Crippen LogP contribution in [0.1, 0.15) is 29.2 Å². The average molecular weight is 338 g/mol. The zero-order valence-corrected chi connectivity index (χ0v) is 14.5. The number of thiazole rings is 1. The molecule has 0 bridgehead atoms. The number of hydrogen-bond donors (Lipinski definition) is 2. The van der Waals surface area contributed by atoms with E-state index in [1.165, 1.54) is 11.3 Å². The number of rotatable bonds is 6. The molecule has 2 N–H and O–H groups in total. The van der Waals surface area contributed by atoms with Gasteiger partial charge in [0.2, 0.25) is 0 Å². The maximum Gasteiger partial charge on any atom is 0.263 e. The minimum absolute atomic E-state index is 0.0695. The Hall–Kier alpha value is -1.43. The van der Waals surface area contributed by atoms with Crippen molar-refractivity contribution in [1.29, 1.82) is 0 Å². The highest BCUT2D eigenvalue weighted by Gasteiger charge is 2.16. The molecule has 1 heterocycles. The summed E-state index contributed by atoms with van der Waals surface area (Å²) in [6, 6.07) is 7.72. The fourth-order valence-corrected chi connectivity index (χ4v) is 3.18. The van der Waals surface area contributed by atoms with Crippen LogP contribution in [0.25, 0.3) is 10.6 Å². The predicted octanol–water partition coefficient (Wildman–Crippen LogP) is 3.50. The Balaban J connectivity index is 2.09. The molecule has 2 aromatic rings. The molecule has 0 saturated heterocycles. The van der Waals surface area contributed by atoms with Gasteiger partial charge >= 0.3 is 0 Å². The molecule has 0 aliphatic heterocycles. The molecule has 4 nitrogen and oxygen atoms in total. The highest BCUT2D eigenvalue weighted by Crippen LogP contribution is 2.28. The second kappa shape index (κ2) is 7.72. The summed E-state index contributed by atoms with van der Waals surface area (Å²) in [6.45, 7) is 7.43. The van der Waals surface area contributed by atoms with Gasteiger partial charge < -0.3 is 10.6 Å². The summed E-state index contributed by atoms with van der Waals surface area (Å²) in [6.07, 6.45) is 0. The summed E-state index contributed by atoms with van der Waals surface area (Å²) < 4.78 is 0. The Bertz CT molecular complexity index is 639. The Labute approximate surface area is 139 Å². The topological polar surface area (TPSA) is 54.0 Å². The standard InChI is InChI=1S/C16H20ClN3OS/c1-4-18-10(2)9-19-15(21)14-11(3)20-16(22-14)12-5-7-13(17)8-6-12/h5-8,10,18H,4,9H2,1-3H3,(H,19,21)/t10-/m1/s1. The molecule has 0 unspecified atom stereocenters. The Kier molecular flexibility index (Phi) is 5.94. The molecule has 6 heteroatoms. The second-order valence-corrected chi connectivity index (χ2v) is 6.54. The lowest BCUT2D eigenvalue weighted by Crippen LogP contribution is -2.38. The number of aryl methyl sites for hydroxylation is 1. The van der Waals surface area contributed by atoms with Crippen LogP contribution in [0.5, 0.6) is 0 Å². The first-order valence-electron chi connectivity index (χ1n) is 7.26. The number of halogens is 1. The lowest BCUT2D eigenvalue weighted by atomic mass is 10.2. The van der Waals surface area contributed by atoms with E-state index in [-0.39, 0.29) is 11.9 Å². The molecule has 2 rings (SSSR count). The first-order valence-corrected chi connectivity index (χ1v) is 8.45. The summed E-state index contributed by atoms with van der Waals surface area (Å²) in [5, 5.41) is 7.73. The van der Waals surface area contributed by atoms with Crippen molar-refractivity contribution in [3.8, 4) is 10.6 Å². The summed E-state index contributed by atoms with van der Waals surface area (Å²) in [7, 11) is 0. The van der Waals surface area contributed by atoms with Gasteiger partial charge in [0.1, 0.15) is 9.88 Å². The Morgan fingerprint density at radius 1 is 1.36 bits per heavy atom. The van der Waals surface area contributed by atoms with Crippen molar-refractivity contribution in [2.75, 3.05) is 13.1 Å². The van der Waals surface area contributed by atoms with Crippen molar-refractivity contribution in [2.24, 2.45) is 0 Å². The smallest absolute Gasteiger partial charge is 0.263 e. The van der Waals surface area contributed by atoms with Crippen LogP contribution in [0.15, 0.2) is 24.3 Å². The number of hydrogen-bond acceptors (Lipinski definition) is 4. The molecule has 0 saturated carbocycles. The van der Waals surface area contributed by atoms with Gasteiger partial charge in [-0.2, -0.15) is 0 Å². The molecule has 0 spiro atoms. The fourth-order valence-electron chi connectivity index (χ4n) is 2.07. The molecule has 118 valence electrons. The van der Waals surface area contributed by atoms with E-state index in [1.54, 1.807) is 0 Å². The van der Waals surface area contributed by atoms with Gasteiger partial charge in [0.25, 0.3) is 5.91 Å². The number of nitrogens with zero attached hydrogens (tertiary/aromatic N) is 1. The van der Waals surface area contributed by atoms with E-state index in [0.717, 1.165) is 22.8 Å². The molecule has 22 heavy (non-hydrogen) atoms. The molecule has 0 radical (unpaired) electrons. The van der Waals surface area contributed by atoms with Crippen LogP contribution in [0, 0.1) is 6.92 Å². The molecule has 1 atom stereocenters. The van der Waals surface area contributed by atoms with Crippen LogP contribution in [0.2, 0.25) is 5.02 Å². The van der Waals surface area contributed by atoms with E-state index in [2.05, 4.69) is 15.6 Å². The largest absolute Gasteiger partial charge is 0.350 e. The van der Waals surface area contributed by atoms with Crippen LogP contribution in [0.3, 0.4) is 0 Å². The van der Waals surface area contributed by atoms with Crippen LogP contribution in [-0.2, 0) is 0 Å². The molecule has 0 fully saturated rings. The number of aromatic nitrogens is 1. The highest BCUT2D eigenvalue weighted by atomic mass is 35.5. The first kappa shape index (κ1) is 16.9. The second-order valence-electron chi connectivity index (χ2n) is 5.11. The lowest BCUT2D eigenvalue weighted by molar-refractivity contribution is 0.0953. The lowest BCUT2D eigenvalue weighted by Gasteiger charge is -2.12. The number of nitrogens with one attached hydrogen (secondary N) is 2. The third-order valence-corrected chi connectivity index (χ3v) is 4.67. The van der Waals surface area contributed by atoms with Gasteiger partial charge in [0, 0.05) is 23.2 Å². The van der Waals surface area contributed by atoms with Crippen LogP contribution in [0.4, 0.5) is 0 Å². The number of benzene rings is 1. The Morgan fingerprint density at radius 3 is 2.68 bits per heavy atom. The monoisotopic (exact) mass is 337 g/mol. The summed E-state index contributed by atoms with van der Waals surface area (Å²) in [5.74, 6) is -0.0695. The SMILES string of the molecule is CCN[C@H](C)CNC(=O)c1sc(-c2ccc(Cl)cc2)nc1C. The van der Waals surface area contributed by atoms with E-state index in [1.807, 2.05) is 45.0 Å². The van der Waals surface area contributed by atoms with Gasteiger partial charge in [-0.15, -0.1) is 11.3 Å². The first-order chi connectivity index (χ1) is 10.5. The van der Waals surface area contributed by atoms with Crippen molar-refractivity contribution in [2.45, 2.75) is 26.8 Å². The molecule has 0 aliphatic rings. The summed E-state index contributed by atoms with van der Waals surface area (Å²) in [5.41, 5.74) is 1.72. The maximum atomic E-state index is 12.3. The zero-order chi connectivity index (χ0) is 16.1. The molecule has 1 aromatic heterocycles. The van der Waals surface area contributed by atoms with E-state index >= 15 is 0 Å². The zero-order valence-electron chi connectivity index (χ0n) is 12.9. The predicted molar refractivity (Wildman–Crippen MR) is 92.8 cm³/mol. The summed E-state index contributed by atoms with van der Waals surface area (Å²) >= 11 is 7.30. The van der Waals surface area contributed by atoms with Crippen LogP contribution >= 0.6 is 22.9 Å². The minimum atomic E-state index is -0.0695. The third-order valence-electron chi connectivity index (χ3n) is 3.22.